The number of likely N-dealkylation sites (tertiary alicyclic amines) is 1. The van der Waals surface area contributed by atoms with Crippen LogP contribution in [0.3, 0.4) is 0 Å². The number of aromatic nitrogens is 1. The van der Waals surface area contributed by atoms with Gasteiger partial charge in [0.25, 0.3) is 11.7 Å². The van der Waals surface area contributed by atoms with Gasteiger partial charge in [0.05, 0.1) is 24.8 Å². The van der Waals surface area contributed by atoms with E-state index in [4.69, 9.17) is 14.2 Å². The number of fused-ring (bicyclic) bond motifs is 1. The first-order valence-corrected chi connectivity index (χ1v) is 12.8. The van der Waals surface area contributed by atoms with Gasteiger partial charge in [-0.25, -0.2) is 0 Å². The van der Waals surface area contributed by atoms with Crippen molar-refractivity contribution in [2.24, 2.45) is 0 Å². The normalized spacial score (nSPS) is 19.8. The minimum Gasteiger partial charge on any atom is -0.507 e. The van der Waals surface area contributed by atoms with Crippen LogP contribution in [-0.2, 0) is 22.6 Å². The van der Waals surface area contributed by atoms with Crippen LogP contribution in [0.15, 0.2) is 66.5 Å². The lowest BCUT2D eigenvalue weighted by Crippen LogP contribution is -2.29. The molecule has 0 bridgehead atoms. The van der Waals surface area contributed by atoms with E-state index in [0.717, 1.165) is 16.9 Å². The van der Waals surface area contributed by atoms with Crippen molar-refractivity contribution in [3.05, 3.63) is 88.8 Å². The predicted octanol–water partition coefficient (Wildman–Crippen LogP) is 4.82. The number of amides is 1. The van der Waals surface area contributed by atoms with Gasteiger partial charge in [-0.15, -0.1) is 0 Å². The molecule has 0 spiro atoms. The second-order valence-electron chi connectivity index (χ2n) is 9.31. The standard InChI is InChI=1S/C30H30N2O6/c1-4-36-24-9-6-20(16-25(24)37-5-2)27-26(28(33)21-7-8-23-22(15-21)14-18(3)38-23)29(34)30(35)32(27)17-19-10-12-31-13-11-19/h6-13,15-16,18,27,33H,4-5,14,17H2,1-3H3/b28-26+/t18-,27+/m1/s1. The molecule has 8 heteroatoms. The molecule has 8 nitrogen and oxygen atoms in total. The SMILES string of the molecule is CCOc1ccc([C@H]2/C(=C(\O)c3ccc4c(c3)C[C@@H](C)O4)C(=O)C(=O)N2Cc2ccncc2)cc1OCC. The van der Waals surface area contributed by atoms with Crippen LogP contribution in [0.5, 0.6) is 17.2 Å². The lowest BCUT2D eigenvalue weighted by molar-refractivity contribution is -0.140. The van der Waals surface area contributed by atoms with Crippen LogP contribution in [0.2, 0.25) is 0 Å². The molecule has 5 rings (SSSR count). The largest absolute Gasteiger partial charge is 0.507 e. The molecule has 38 heavy (non-hydrogen) atoms. The molecule has 196 valence electrons. The number of aliphatic hydroxyl groups excluding tert-OH is 1. The van der Waals surface area contributed by atoms with E-state index >= 15 is 0 Å². The Labute approximate surface area is 221 Å². The van der Waals surface area contributed by atoms with E-state index in [1.165, 1.54) is 4.90 Å². The topological polar surface area (TPSA) is 98.2 Å². The maximum absolute atomic E-state index is 13.5. The number of rotatable bonds is 8. The van der Waals surface area contributed by atoms with Gasteiger partial charge in [-0.3, -0.25) is 14.6 Å². The first-order valence-electron chi connectivity index (χ1n) is 12.8. The van der Waals surface area contributed by atoms with Gasteiger partial charge in [0.1, 0.15) is 17.6 Å². The molecule has 2 aromatic carbocycles. The first-order chi connectivity index (χ1) is 18.4. The molecule has 1 N–H and O–H groups in total. The number of hydrogen-bond donors (Lipinski definition) is 1. The Bertz CT molecular complexity index is 1400. The molecule has 2 aliphatic rings. The number of hydrogen-bond acceptors (Lipinski definition) is 7. The number of nitrogens with zero attached hydrogens (tertiary/aromatic N) is 2. The molecule has 1 aromatic heterocycles. The van der Waals surface area contributed by atoms with E-state index in [2.05, 4.69) is 4.98 Å². The van der Waals surface area contributed by atoms with E-state index in [0.29, 0.717) is 42.3 Å². The van der Waals surface area contributed by atoms with Gasteiger partial charge in [0.15, 0.2) is 11.5 Å². The van der Waals surface area contributed by atoms with Gasteiger partial charge in [-0.1, -0.05) is 6.07 Å². The summed E-state index contributed by atoms with van der Waals surface area (Å²) >= 11 is 0. The summed E-state index contributed by atoms with van der Waals surface area (Å²) in [5.41, 5.74) is 2.88. The first kappa shape index (κ1) is 25.3. The predicted molar refractivity (Wildman–Crippen MR) is 141 cm³/mol. The van der Waals surface area contributed by atoms with Crippen molar-refractivity contribution >= 4 is 17.4 Å². The average Bonchev–Trinajstić information content (AvgIpc) is 3.41. The number of pyridine rings is 1. The number of carbonyl (C=O) groups is 2. The molecule has 3 heterocycles. The minimum atomic E-state index is -0.832. The zero-order valence-electron chi connectivity index (χ0n) is 21.6. The van der Waals surface area contributed by atoms with Gasteiger partial charge < -0.3 is 24.2 Å². The molecule has 0 unspecified atom stereocenters. The molecule has 1 amide bonds. The van der Waals surface area contributed by atoms with E-state index in [1.54, 1.807) is 54.9 Å². The number of ether oxygens (including phenoxy) is 3. The fraction of sp³-hybridized carbons (Fsp3) is 0.300. The third-order valence-electron chi connectivity index (χ3n) is 6.69. The van der Waals surface area contributed by atoms with Crippen molar-refractivity contribution in [2.75, 3.05) is 13.2 Å². The van der Waals surface area contributed by atoms with Crippen LogP contribution < -0.4 is 14.2 Å². The van der Waals surface area contributed by atoms with Crippen LogP contribution in [0.25, 0.3) is 5.76 Å². The zero-order chi connectivity index (χ0) is 26.8. The van der Waals surface area contributed by atoms with Crippen LogP contribution >= 0.6 is 0 Å². The maximum atomic E-state index is 13.5. The molecule has 1 saturated heterocycles. The second kappa shape index (κ2) is 10.6. The fourth-order valence-corrected chi connectivity index (χ4v) is 5.04. The van der Waals surface area contributed by atoms with Crippen molar-refractivity contribution < 1.29 is 28.9 Å². The lowest BCUT2D eigenvalue weighted by atomic mass is 9.94. The van der Waals surface area contributed by atoms with Crippen LogP contribution in [0.1, 0.15) is 49.1 Å². The Morgan fingerprint density at radius 3 is 2.50 bits per heavy atom. The van der Waals surface area contributed by atoms with E-state index in [-0.39, 0.29) is 24.0 Å². The summed E-state index contributed by atoms with van der Waals surface area (Å²) in [7, 11) is 0. The van der Waals surface area contributed by atoms with E-state index < -0.39 is 17.7 Å². The van der Waals surface area contributed by atoms with Crippen molar-refractivity contribution in [1.29, 1.82) is 0 Å². The van der Waals surface area contributed by atoms with Crippen LogP contribution in [-0.4, -0.2) is 46.0 Å². The summed E-state index contributed by atoms with van der Waals surface area (Å²) < 4.78 is 17.3. The summed E-state index contributed by atoms with van der Waals surface area (Å²) in [5.74, 6) is 0.190. The number of carbonyl (C=O) groups excluding carboxylic acids is 2. The molecule has 0 radical (unpaired) electrons. The van der Waals surface area contributed by atoms with Gasteiger partial charge in [-0.05, 0) is 79.9 Å². The van der Waals surface area contributed by atoms with E-state index in [1.807, 2.05) is 26.8 Å². The lowest BCUT2D eigenvalue weighted by Gasteiger charge is -2.26. The molecule has 2 atom stereocenters. The second-order valence-corrected chi connectivity index (χ2v) is 9.31. The Kier molecular flexibility index (Phi) is 7.05. The van der Waals surface area contributed by atoms with Crippen molar-refractivity contribution in [3.63, 3.8) is 0 Å². The van der Waals surface area contributed by atoms with Crippen LogP contribution in [0, 0.1) is 0 Å². The number of Topliss-reactive ketones (excluding diaryl/α,β-unsaturated/α-hetero) is 1. The molecule has 0 aliphatic carbocycles. The smallest absolute Gasteiger partial charge is 0.295 e. The van der Waals surface area contributed by atoms with E-state index in [9.17, 15) is 14.7 Å². The molecular formula is C30H30N2O6. The highest BCUT2D eigenvalue weighted by molar-refractivity contribution is 6.46. The Morgan fingerprint density at radius 1 is 1.03 bits per heavy atom. The maximum Gasteiger partial charge on any atom is 0.295 e. The highest BCUT2D eigenvalue weighted by Gasteiger charge is 2.46. The van der Waals surface area contributed by atoms with Crippen molar-refractivity contribution in [3.8, 4) is 17.2 Å². The Hall–Kier alpha value is -4.33. The minimum absolute atomic E-state index is 0.0302. The van der Waals surface area contributed by atoms with Gasteiger partial charge in [0.2, 0.25) is 0 Å². The monoisotopic (exact) mass is 514 g/mol. The van der Waals surface area contributed by atoms with Crippen LogP contribution in [0.4, 0.5) is 0 Å². The highest BCUT2D eigenvalue weighted by Crippen LogP contribution is 2.43. The molecule has 0 saturated carbocycles. The van der Waals surface area contributed by atoms with Gasteiger partial charge >= 0.3 is 0 Å². The van der Waals surface area contributed by atoms with Gasteiger partial charge in [-0.2, -0.15) is 0 Å². The molecular weight excluding hydrogens is 484 g/mol. The fourth-order valence-electron chi connectivity index (χ4n) is 5.04. The number of benzene rings is 2. The zero-order valence-corrected chi connectivity index (χ0v) is 21.6. The Morgan fingerprint density at radius 2 is 1.76 bits per heavy atom. The third-order valence-corrected chi connectivity index (χ3v) is 6.69. The molecule has 1 fully saturated rings. The summed E-state index contributed by atoms with van der Waals surface area (Å²) in [5, 5.41) is 11.5. The summed E-state index contributed by atoms with van der Waals surface area (Å²) in [6.45, 7) is 6.77. The summed E-state index contributed by atoms with van der Waals surface area (Å²) in [6.07, 6.45) is 4.01. The quantitative estimate of drug-likeness (QED) is 0.261. The third kappa shape index (κ3) is 4.69. The summed E-state index contributed by atoms with van der Waals surface area (Å²) in [4.78, 5) is 32.4. The van der Waals surface area contributed by atoms with Crippen molar-refractivity contribution in [1.82, 2.24) is 9.88 Å². The highest BCUT2D eigenvalue weighted by atomic mass is 16.5. The number of aliphatic hydroxyl groups is 1. The van der Waals surface area contributed by atoms with Crippen molar-refractivity contribution in [2.45, 2.75) is 45.9 Å². The average molecular weight is 515 g/mol. The van der Waals surface area contributed by atoms with Gasteiger partial charge in [0, 0.05) is 30.9 Å². The molecule has 2 aliphatic heterocycles. The Balaban J connectivity index is 1.65. The summed E-state index contributed by atoms with van der Waals surface area (Å²) in [6, 6.07) is 13.4. The molecule has 3 aromatic rings. The number of ketones is 1.